The van der Waals surface area contributed by atoms with Crippen molar-refractivity contribution in [2.45, 2.75) is 316 Å². The molecule has 0 spiro atoms. The molecule has 0 aliphatic heterocycles. The number of hydrogen-bond acceptors (Lipinski definition) is 6. The molecule has 0 aliphatic rings. The minimum Gasteiger partial charge on any atom is -0.462 e. The first-order valence-corrected chi connectivity index (χ1v) is 30.9. The van der Waals surface area contributed by atoms with Gasteiger partial charge in [0.1, 0.15) is 13.2 Å². The van der Waals surface area contributed by atoms with Crippen molar-refractivity contribution in [3.05, 3.63) is 72.9 Å². The van der Waals surface area contributed by atoms with E-state index in [-0.39, 0.29) is 31.1 Å². The molecule has 0 fully saturated rings. The lowest BCUT2D eigenvalue weighted by atomic mass is 10.0. The molecule has 1 atom stereocenters. The molecule has 0 saturated heterocycles. The fourth-order valence-electron chi connectivity index (χ4n) is 8.89. The first-order chi connectivity index (χ1) is 35.5. The zero-order valence-corrected chi connectivity index (χ0v) is 47.7. The third-order valence-corrected chi connectivity index (χ3v) is 13.5. The van der Waals surface area contributed by atoms with E-state index >= 15 is 0 Å². The molecule has 6 nitrogen and oxygen atoms in total. The van der Waals surface area contributed by atoms with Crippen LogP contribution in [0.5, 0.6) is 0 Å². The minimum absolute atomic E-state index is 0.0858. The van der Waals surface area contributed by atoms with E-state index in [1.54, 1.807) is 0 Å². The van der Waals surface area contributed by atoms with Gasteiger partial charge in [0, 0.05) is 19.3 Å². The Kier molecular flexibility index (Phi) is 57.8. The summed E-state index contributed by atoms with van der Waals surface area (Å²) in [6.45, 7) is 6.42. The van der Waals surface area contributed by atoms with Gasteiger partial charge in [0.05, 0.1) is 0 Å². The van der Waals surface area contributed by atoms with Crippen LogP contribution in [0.3, 0.4) is 0 Å². The van der Waals surface area contributed by atoms with E-state index in [2.05, 4.69) is 93.7 Å². The van der Waals surface area contributed by atoms with E-state index in [1.807, 2.05) is 0 Å². The SMILES string of the molecule is CC/C=C\C/C=C\C/C=C\CCCCCCCC(=O)OCC(COC(=O)CCCCCCCCCCCCCCCCCCCCCCCCCC)OC(=O)CCCCCCC/C=C\C/C=C\C/C=C\CC. The van der Waals surface area contributed by atoms with Crippen molar-refractivity contribution in [3.63, 3.8) is 0 Å². The van der Waals surface area contributed by atoms with Crippen LogP contribution in [0.25, 0.3) is 0 Å². The second-order valence-corrected chi connectivity index (χ2v) is 20.6. The van der Waals surface area contributed by atoms with E-state index in [0.717, 1.165) is 135 Å². The molecule has 6 heteroatoms. The van der Waals surface area contributed by atoms with Gasteiger partial charge in [0.15, 0.2) is 6.10 Å². The van der Waals surface area contributed by atoms with Crippen LogP contribution >= 0.6 is 0 Å². The van der Waals surface area contributed by atoms with Crippen LogP contribution < -0.4 is 0 Å². The third-order valence-electron chi connectivity index (χ3n) is 13.5. The summed E-state index contributed by atoms with van der Waals surface area (Å²) in [5, 5.41) is 0. The van der Waals surface area contributed by atoms with Crippen LogP contribution in [0.4, 0.5) is 0 Å². The van der Waals surface area contributed by atoms with E-state index < -0.39 is 6.10 Å². The maximum atomic E-state index is 12.9. The molecule has 0 rings (SSSR count). The lowest BCUT2D eigenvalue weighted by molar-refractivity contribution is -0.167. The first kappa shape index (κ1) is 68.8. The van der Waals surface area contributed by atoms with Gasteiger partial charge in [-0.3, -0.25) is 14.4 Å². The molecule has 0 aromatic rings. The van der Waals surface area contributed by atoms with Crippen molar-refractivity contribution >= 4 is 17.9 Å². The summed E-state index contributed by atoms with van der Waals surface area (Å²) in [5.41, 5.74) is 0. The molecular formula is C66H116O6. The lowest BCUT2D eigenvalue weighted by Gasteiger charge is -2.18. The fraction of sp³-hybridized carbons (Fsp3) is 0.773. The molecule has 1 unspecified atom stereocenters. The van der Waals surface area contributed by atoms with Gasteiger partial charge in [0.25, 0.3) is 0 Å². The van der Waals surface area contributed by atoms with E-state index in [1.165, 1.54) is 135 Å². The van der Waals surface area contributed by atoms with Crippen molar-refractivity contribution in [1.82, 2.24) is 0 Å². The third kappa shape index (κ3) is 57.7. The van der Waals surface area contributed by atoms with Crippen molar-refractivity contribution < 1.29 is 28.6 Å². The normalized spacial score (nSPS) is 12.5. The second kappa shape index (κ2) is 60.4. The highest BCUT2D eigenvalue weighted by atomic mass is 16.6. The molecule has 0 heterocycles. The molecule has 0 amide bonds. The number of hydrogen-bond donors (Lipinski definition) is 0. The summed E-state index contributed by atoms with van der Waals surface area (Å²) in [5.74, 6) is -0.908. The van der Waals surface area contributed by atoms with E-state index in [4.69, 9.17) is 14.2 Å². The van der Waals surface area contributed by atoms with Gasteiger partial charge in [-0.2, -0.15) is 0 Å². The number of rotatable bonds is 56. The van der Waals surface area contributed by atoms with Crippen molar-refractivity contribution in [3.8, 4) is 0 Å². The fourth-order valence-corrected chi connectivity index (χ4v) is 8.89. The molecular weight excluding hydrogens is 889 g/mol. The van der Waals surface area contributed by atoms with Gasteiger partial charge < -0.3 is 14.2 Å². The molecule has 0 N–H and O–H groups in total. The topological polar surface area (TPSA) is 78.9 Å². The van der Waals surface area contributed by atoms with E-state index in [9.17, 15) is 14.4 Å². The molecule has 0 aromatic heterocycles. The van der Waals surface area contributed by atoms with Crippen LogP contribution in [0, 0.1) is 0 Å². The van der Waals surface area contributed by atoms with Crippen LogP contribution in [-0.2, 0) is 28.6 Å². The van der Waals surface area contributed by atoms with Gasteiger partial charge in [0.2, 0.25) is 0 Å². The Balaban J connectivity index is 4.30. The summed E-state index contributed by atoms with van der Waals surface area (Å²) in [4.78, 5) is 38.2. The lowest BCUT2D eigenvalue weighted by Crippen LogP contribution is -2.30. The zero-order chi connectivity index (χ0) is 52.2. The van der Waals surface area contributed by atoms with Crippen molar-refractivity contribution in [2.75, 3.05) is 13.2 Å². The first-order valence-electron chi connectivity index (χ1n) is 30.9. The Bertz CT molecular complexity index is 1340. The van der Waals surface area contributed by atoms with E-state index in [0.29, 0.717) is 19.3 Å². The largest absolute Gasteiger partial charge is 0.462 e. The van der Waals surface area contributed by atoms with Gasteiger partial charge in [-0.15, -0.1) is 0 Å². The van der Waals surface area contributed by atoms with Gasteiger partial charge in [-0.05, 0) is 83.5 Å². The smallest absolute Gasteiger partial charge is 0.306 e. The van der Waals surface area contributed by atoms with Crippen LogP contribution in [0.2, 0.25) is 0 Å². The van der Waals surface area contributed by atoms with Crippen LogP contribution in [0.1, 0.15) is 310 Å². The average Bonchev–Trinajstić information content (AvgIpc) is 3.38. The predicted octanol–water partition coefficient (Wildman–Crippen LogP) is 20.9. The van der Waals surface area contributed by atoms with Gasteiger partial charge >= 0.3 is 17.9 Å². The molecule has 0 saturated carbocycles. The number of unbranched alkanes of at least 4 members (excludes halogenated alkanes) is 33. The van der Waals surface area contributed by atoms with Crippen molar-refractivity contribution in [1.29, 1.82) is 0 Å². The van der Waals surface area contributed by atoms with Crippen LogP contribution in [-0.4, -0.2) is 37.2 Å². The average molecular weight is 1010 g/mol. The standard InChI is InChI=1S/C66H116O6/c1-4-7-10-13-16-19-22-25-28-29-30-31-32-33-34-35-36-39-41-44-47-50-53-56-59-65(68)71-62-63(72-66(69)60-57-54-51-48-45-42-38-27-24-21-18-15-12-9-6-3)61-70-64(67)58-55-52-49-46-43-40-37-26-23-20-17-14-11-8-5-2/h8-9,11-12,17-18,20-21,26-27,37-38,63H,4-7,10,13-16,19,22-25,28-36,39-62H2,1-3H3/b11-8-,12-9-,20-17-,21-18-,37-26-,38-27-. The Morgan fingerprint density at radius 3 is 0.847 bits per heavy atom. The summed E-state index contributed by atoms with van der Waals surface area (Å²) in [6, 6.07) is 0. The molecule has 72 heavy (non-hydrogen) atoms. The number of carbonyl (C=O) groups excluding carboxylic acids is 3. The van der Waals surface area contributed by atoms with Crippen molar-refractivity contribution in [2.24, 2.45) is 0 Å². The highest BCUT2D eigenvalue weighted by Gasteiger charge is 2.19. The predicted molar refractivity (Wildman–Crippen MR) is 311 cm³/mol. The summed E-state index contributed by atoms with van der Waals surface area (Å²) in [7, 11) is 0. The maximum absolute atomic E-state index is 12.9. The van der Waals surface area contributed by atoms with Gasteiger partial charge in [-0.1, -0.05) is 280 Å². The van der Waals surface area contributed by atoms with Crippen LogP contribution in [0.15, 0.2) is 72.9 Å². The summed E-state index contributed by atoms with van der Waals surface area (Å²) >= 11 is 0. The highest BCUT2D eigenvalue weighted by molar-refractivity contribution is 5.71. The second-order valence-electron chi connectivity index (χ2n) is 20.6. The minimum atomic E-state index is -0.791. The molecule has 0 radical (unpaired) electrons. The molecule has 416 valence electrons. The maximum Gasteiger partial charge on any atom is 0.306 e. The summed E-state index contributed by atoms with van der Waals surface area (Å²) < 4.78 is 16.9. The highest BCUT2D eigenvalue weighted by Crippen LogP contribution is 2.17. The zero-order valence-electron chi connectivity index (χ0n) is 47.7. The molecule has 0 aliphatic carbocycles. The number of allylic oxidation sites excluding steroid dienone is 12. The Labute approximate surface area is 446 Å². The Hall–Kier alpha value is -3.15. The Morgan fingerprint density at radius 1 is 0.292 bits per heavy atom. The molecule has 0 aromatic carbocycles. The monoisotopic (exact) mass is 1000 g/mol. The summed E-state index contributed by atoms with van der Waals surface area (Å²) in [6.07, 6.45) is 77.7. The van der Waals surface area contributed by atoms with Gasteiger partial charge in [-0.25, -0.2) is 0 Å². The number of ether oxygens (including phenoxy) is 3. The Morgan fingerprint density at radius 2 is 0.542 bits per heavy atom. The number of esters is 3. The number of carbonyl (C=O) groups is 3. The molecule has 0 bridgehead atoms. The quantitative estimate of drug-likeness (QED) is 0.0261.